The number of nitro benzene ring substituents is 1. The van der Waals surface area contributed by atoms with Crippen molar-refractivity contribution in [3.63, 3.8) is 0 Å². The van der Waals surface area contributed by atoms with E-state index >= 15 is 0 Å². The van der Waals surface area contributed by atoms with E-state index in [0.29, 0.717) is 11.8 Å². The van der Waals surface area contributed by atoms with E-state index in [1.165, 1.54) is 12.1 Å². The summed E-state index contributed by atoms with van der Waals surface area (Å²) in [6.45, 7) is 5.61. The van der Waals surface area contributed by atoms with Crippen LogP contribution >= 0.6 is 0 Å². The number of hydrogen-bond acceptors (Lipinski definition) is 6. The third kappa shape index (κ3) is 2.91. The number of nitrogens with zero attached hydrogens (tertiary/aromatic N) is 7. The van der Waals surface area contributed by atoms with Gasteiger partial charge in [0.1, 0.15) is 0 Å². The smallest absolute Gasteiger partial charge is 0.258 e. The number of benzene rings is 1. The zero-order valence-electron chi connectivity index (χ0n) is 13.4. The van der Waals surface area contributed by atoms with Crippen molar-refractivity contribution in [1.29, 1.82) is 0 Å². The molecule has 0 bridgehead atoms. The lowest BCUT2D eigenvalue weighted by Gasteiger charge is -2.03. The lowest BCUT2D eigenvalue weighted by molar-refractivity contribution is -0.384. The van der Waals surface area contributed by atoms with Crippen LogP contribution in [0.25, 0.3) is 5.95 Å². The average Bonchev–Trinajstić information content (AvgIpc) is 3.07. The second kappa shape index (κ2) is 6.03. The molecule has 0 aliphatic rings. The normalized spacial score (nSPS) is 11.3. The van der Waals surface area contributed by atoms with Crippen LogP contribution in [0.1, 0.15) is 22.8 Å². The van der Waals surface area contributed by atoms with Gasteiger partial charge in [-0.05, 0) is 44.5 Å². The summed E-state index contributed by atoms with van der Waals surface area (Å²) >= 11 is 0. The summed E-state index contributed by atoms with van der Waals surface area (Å²) in [5.41, 5.74) is 2.56. The first-order chi connectivity index (χ1) is 11.5. The van der Waals surface area contributed by atoms with Gasteiger partial charge in [-0.15, -0.1) is 10.2 Å². The number of nitro groups is 1. The van der Waals surface area contributed by atoms with E-state index in [9.17, 15) is 10.1 Å². The molecule has 0 saturated carbocycles. The molecular formula is C15H15N7O2. The van der Waals surface area contributed by atoms with Gasteiger partial charge in [0.05, 0.1) is 16.8 Å². The minimum Gasteiger partial charge on any atom is -0.258 e. The second-order valence-electron chi connectivity index (χ2n) is 5.29. The number of non-ortho nitro benzene ring substituents is 1. The maximum Gasteiger partial charge on any atom is 0.273 e. The van der Waals surface area contributed by atoms with Crippen molar-refractivity contribution in [2.75, 3.05) is 0 Å². The largest absolute Gasteiger partial charge is 0.273 e. The Balaban J connectivity index is 1.94. The van der Waals surface area contributed by atoms with Gasteiger partial charge in [-0.2, -0.15) is 14.9 Å². The van der Waals surface area contributed by atoms with Crippen LogP contribution in [-0.4, -0.2) is 35.8 Å². The molecule has 0 aliphatic carbocycles. The Labute approximate surface area is 137 Å². The minimum atomic E-state index is -0.439. The molecule has 0 saturated heterocycles. The Morgan fingerprint density at radius 2 is 1.88 bits per heavy atom. The summed E-state index contributed by atoms with van der Waals surface area (Å²) in [4.78, 5) is 10.2. The molecule has 2 heterocycles. The van der Waals surface area contributed by atoms with Crippen molar-refractivity contribution in [2.45, 2.75) is 20.8 Å². The van der Waals surface area contributed by atoms with Crippen LogP contribution in [0.3, 0.4) is 0 Å². The highest BCUT2D eigenvalue weighted by Gasteiger charge is 2.13. The molecule has 0 radical (unpaired) electrons. The maximum atomic E-state index is 10.7. The van der Waals surface area contributed by atoms with Crippen LogP contribution < -0.4 is 0 Å². The lowest BCUT2D eigenvalue weighted by Crippen LogP contribution is -2.07. The maximum absolute atomic E-state index is 10.7. The van der Waals surface area contributed by atoms with Crippen molar-refractivity contribution >= 4 is 11.9 Å². The third-order valence-electron chi connectivity index (χ3n) is 3.41. The molecule has 0 unspecified atom stereocenters. The highest BCUT2D eigenvalue weighted by atomic mass is 16.6. The van der Waals surface area contributed by atoms with Gasteiger partial charge in [-0.25, -0.2) is 4.68 Å². The van der Waals surface area contributed by atoms with E-state index < -0.39 is 4.92 Å². The van der Waals surface area contributed by atoms with Crippen molar-refractivity contribution in [3.8, 4) is 5.95 Å². The molecule has 0 fully saturated rings. The molecule has 0 spiro atoms. The quantitative estimate of drug-likeness (QED) is 0.415. The van der Waals surface area contributed by atoms with Gasteiger partial charge >= 0.3 is 0 Å². The van der Waals surface area contributed by atoms with Crippen LogP contribution in [0.2, 0.25) is 0 Å². The fourth-order valence-electron chi connectivity index (χ4n) is 2.25. The van der Waals surface area contributed by atoms with Gasteiger partial charge in [-0.1, -0.05) is 0 Å². The number of hydrogen-bond donors (Lipinski definition) is 0. The van der Waals surface area contributed by atoms with Crippen molar-refractivity contribution in [3.05, 3.63) is 63.2 Å². The molecule has 3 aromatic rings. The molecule has 3 rings (SSSR count). The summed E-state index contributed by atoms with van der Waals surface area (Å²) < 4.78 is 3.24. The standard InChI is InChI=1S/C15H15N7O2/c1-10-8-11(2)20(19-10)15-18-17-12(3)21(15)16-9-13-4-6-14(7-5-13)22(23)24/h4-9H,1-3H3. The van der Waals surface area contributed by atoms with E-state index in [-0.39, 0.29) is 5.69 Å². The van der Waals surface area contributed by atoms with Crippen LogP contribution in [0.15, 0.2) is 35.4 Å². The number of aromatic nitrogens is 5. The molecule has 122 valence electrons. The Morgan fingerprint density at radius 1 is 1.17 bits per heavy atom. The van der Waals surface area contributed by atoms with Crippen LogP contribution in [0.4, 0.5) is 5.69 Å². The zero-order chi connectivity index (χ0) is 17.3. The molecule has 2 aromatic heterocycles. The molecule has 9 nitrogen and oxygen atoms in total. The van der Waals surface area contributed by atoms with Gasteiger partial charge in [0.25, 0.3) is 11.6 Å². The van der Waals surface area contributed by atoms with E-state index in [0.717, 1.165) is 17.0 Å². The molecular weight excluding hydrogens is 310 g/mol. The predicted octanol–water partition coefficient (Wildman–Crippen LogP) is 2.18. The Hall–Kier alpha value is -3.36. The van der Waals surface area contributed by atoms with Gasteiger partial charge in [-0.3, -0.25) is 10.1 Å². The average molecular weight is 325 g/mol. The molecule has 24 heavy (non-hydrogen) atoms. The molecule has 9 heteroatoms. The summed E-state index contributed by atoms with van der Waals surface area (Å²) in [5, 5.41) is 27.6. The first-order valence-electron chi connectivity index (χ1n) is 7.20. The van der Waals surface area contributed by atoms with Crippen LogP contribution in [0, 0.1) is 30.9 Å². The van der Waals surface area contributed by atoms with E-state index in [1.54, 1.807) is 34.6 Å². The topological polar surface area (TPSA) is 104 Å². The Kier molecular flexibility index (Phi) is 3.90. The highest BCUT2D eigenvalue weighted by Crippen LogP contribution is 2.13. The minimum absolute atomic E-state index is 0.0379. The van der Waals surface area contributed by atoms with Crippen LogP contribution in [0.5, 0.6) is 0 Å². The summed E-state index contributed by atoms with van der Waals surface area (Å²) in [6, 6.07) is 8.06. The van der Waals surface area contributed by atoms with Gasteiger partial charge in [0.2, 0.25) is 0 Å². The molecule has 0 atom stereocenters. The Morgan fingerprint density at radius 3 is 2.46 bits per heavy atom. The SMILES string of the molecule is Cc1cc(C)n(-c2nnc(C)n2N=Cc2ccc([N+](=O)[O-])cc2)n1. The Bertz CT molecular complexity index is 922. The zero-order valence-corrected chi connectivity index (χ0v) is 13.4. The second-order valence-corrected chi connectivity index (χ2v) is 5.29. The van der Waals surface area contributed by atoms with E-state index in [2.05, 4.69) is 20.4 Å². The van der Waals surface area contributed by atoms with Crippen molar-refractivity contribution in [2.24, 2.45) is 5.10 Å². The van der Waals surface area contributed by atoms with Gasteiger partial charge < -0.3 is 0 Å². The molecule has 0 aliphatic heterocycles. The molecule has 1 aromatic carbocycles. The molecule has 0 N–H and O–H groups in total. The monoisotopic (exact) mass is 325 g/mol. The van der Waals surface area contributed by atoms with E-state index in [4.69, 9.17) is 0 Å². The molecule has 0 amide bonds. The summed E-state index contributed by atoms with van der Waals surface area (Å²) in [6.07, 6.45) is 1.59. The number of aryl methyl sites for hydroxylation is 3. The fraction of sp³-hybridized carbons (Fsp3) is 0.200. The van der Waals surface area contributed by atoms with Crippen LogP contribution in [-0.2, 0) is 0 Å². The third-order valence-corrected chi connectivity index (χ3v) is 3.41. The van der Waals surface area contributed by atoms with Crippen molar-refractivity contribution in [1.82, 2.24) is 24.7 Å². The van der Waals surface area contributed by atoms with E-state index in [1.807, 2.05) is 19.9 Å². The van der Waals surface area contributed by atoms with Gasteiger partial charge in [0, 0.05) is 17.8 Å². The predicted molar refractivity (Wildman–Crippen MR) is 87.4 cm³/mol. The number of rotatable bonds is 4. The lowest BCUT2D eigenvalue weighted by atomic mass is 10.2. The first kappa shape index (κ1) is 15.5. The summed E-state index contributed by atoms with van der Waals surface area (Å²) in [5.74, 6) is 1.09. The van der Waals surface area contributed by atoms with Gasteiger partial charge in [0.15, 0.2) is 5.82 Å². The highest BCUT2D eigenvalue weighted by molar-refractivity contribution is 5.79. The first-order valence-corrected chi connectivity index (χ1v) is 7.20. The summed E-state index contributed by atoms with van der Waals surface area (Å²) in [7, 11) is 0. The van der Waals surface area contributed by atoms with Crippen molar-refractivity contribution < 1.29 is 4.92 Å². The fourth-order valence-corrected chi connectivity index (χ4v) is 2.25.